The van der Waals surface area contributed by atoms with Gasteiger partial charge in [0.2, 0.25) is 0 Å². The Morgan fingerprint density at radius 3 is 2.71 bits per heavy atom. The molecule has 0 spiro atoms. The molecule has 4 rings (SSSR count). The van der Waals surface area contributed by atoms with Gasteiger partial charge in [0, 0.05) is 43.7 Å². The average Bonchev–Trinajstić information content (AvgIpc) is 2.82. The summed E-state index contributed by atoms with van der Waals surface area (Å²) >= 11 is 0. The van der Waals surface area contributed by atoms with Gasteiger partial charge in [-0.3, -0.25) is 4.98 Å². The number of hydrogen-bond donors (Lipinski definition) is 2. The van der Waals surface area contributed by atoms with E-state index in [-0.39, 0.29) is 23.0 Å². The second-order valence-electron chi connectivity index (χ2n) is 8.90. The zero-order valence-electron chi connectivity index (χ0n) is 18.8. The summed E-state index contributed by atoms with van der Waals surface area (Å²) in [5.74, 6) is -0.972. The number of likely N-dealkylation sites (N-methyl/N-ethyl adjacent to an activating group) is 1. The summed E-state index contributed by atoms with van der Waals surface area (Å²) in [5, 5.41) is 12.7. The molecule has 2 aromatic rings. The van der Waals surface area contributed by atoms with E-state index < -0.39 is 17.7 Å². The van der Waals surface area contributed by atoms with E-state index in [9.17, 15) is 23.1 Å². The molecule has 34 heavy (non-hydrogen) atoms. The first-order valence-corrected chi connectivity index (χ1v) is 10.9. The number of aromatic nitrogens is 1. The standard InChI is InChI=1S/C25H26F3N3O3/c1-24(15-30-21-14-29-11-9-19(21)23(32)33)10-12-34-22-13-18(7-8-20(22)24)31(2)17-5-3-16(4-6-17)25(26,27)28/h3-9,11,13-14,20,22,30H,10,12,15H2,1-2H3,(H,32,33)/t20?,22?,24-/m1/s1. The molecule has 0 saturated carbocycles. The number of rotatable bonds is 6. The van der Waals surface area contributed by atoms with Crippen molar-refractivity contribution in [2.75, 3.05) is 30.4 Å². The number of allylic oxidation sites excluding steroid dienone is 1. The van der Waals surface area contributed by atoms with E-state index >= 15 is 0 Å². The molecular formula is C25H26F3N3O3. The number of carboxylic acid groups (broad SMARTS) is 1. The van der Waals surface area contributed by atoms with Crippen LogP contribution in [-0.2, 0) is 10.9 Å². The number of benzene rings is 1. The molecule has 2 N–H and O–H groups in total. The molecule has 9 heteroatoms. The van der Waals surface area contributed by atoms with E-state index in [1.165, 1.54) is 30.6 Å². The molecule has 1 aliphatic heterocycles. The van der Waals surface area contributed by atoms with Crippen molar-refractivity contribution in [2.45, 2.75) is 25.6 Å². The molecule has 3 atom stereocenters. The van der Waals surface area contributed by atoms with Crippen molar-refractivity contribution in [3.63, 3.8) is 0 Å². The van der Waals surface area contributed by atoms with Gasteiger partial charge in [-0.05, 0) is 54.3 Å². The van der Waals surface area contributed by atoms with Crippen LogP contribution in [0.3, 0.4) is 0 Å². The summed E-state index contributed by atoms with van der Waals surface area (Å²) in [5.41, 5.74) is 1.22. The average molecular weight is 473 g/mol. The number of carbonyl (C=O) groups is 1. The number of anilines is 2. The highest BCUT2D eigenvalue weighted by Gasteiger charge is 2.42. The second-order valence-corrected chi connectivity index (χ2v) is 8.90. The number of fused-ring (bicyclic) bond motifs is 1. The second kappa shape index (κ2) is 9.13. The summed E-state index contributed by atoms with van der Waals surface area (Å²) in [4.78, 5) is 17.4. The molecule has 2 heterocycles. The number of pyridine rings is 1. The molecule has 2 aliphatic rings. The molecule has 1 aromatic heterocycles. The van der Waals surface area contributed by atoms with Crippen molar-refractivity contribution >= 4 is 17.3 Å². The van der Waals surface area contributed by atoms with E-state index in [2.05, 4.69) is 23.3 Å². The van der Waals surface area contributed by atoms with E-state index in [1.807, 2.05) is 17.1 Å². The topological polar surface area (TPSA) is 74.7 Å². The van der Waals surface area contributed by atoms with E-state index in [0.717, 1.165) is 24.3 Å². The lowest BCUT2D eigenvalue weighted by molar-refractivity contribution is -0.137. The number of carboxylic acids is 1. The van der Waals surface area contributed by atoms with Gasteiger partial charge in [-0.1, -0.05) is 13.0 Å². The highest BCUT2D eigenvalue weighted by Crippen LogP contribution is 2.43. The molecule has 1 saturated heterocycles. The first-order chi connectivity index (χ1) is 16.1. The first-order valence-electron chi connectivity index (χ1n) is 10.9. The zero-order valence-corrected chi connectivity index (χ0v) is 18.8. The maximum absolute atomic E-state index is 12.9. The van der Waals surface area contributed by atoms with Gasteiger partial charge >= 0.3 is 12.1 Å². The minimum absolute atomic E-state index is 0.0449. The normalized spacial score (nSPS) is 24.2. The molecule has 1 fully saturated rings. The van der Waals surface area contributed by atoms with Gasteiger partial charge in [0.15, 0.2) is 0 Å². The van der Waals surface area contributed by atoms with Gasteiger partial charge in [0.25, 0.3) is 0 Å². The minimum atomic E-state index is -4.37. The van der Waals surface area contributed by atoms with Crippen LogP contribution in [-0.4, -0.2) is 42.4 Å². The highest BCUT2D eigenvalue weighted by atomic mass is 19.4. The van der Waals surface area contributed by atoms with Crippen LogP contribution >= 0.6 is 0 Å². The van der Waals surface area contributed by atoms with Gasteiger partial charge in [-0.15, -0.1) is 0 Å². The Balaban J connectivity index is 1.48. The van der Waals surface area contributed by atoms with Gasteiger partial charge in [0.1, 0.15) is 0 Å². The summed E-state index contributed by atoms with van der Waals surface area (Å²) in [7, 11) is 1.80. The Hall–Kier alpha value is -3.33. The Morgan fingerprint density at radius 1 is 1.29 bits per heavy atom. The fraction of sp³-hybridized carbons (Fsp3) is 0.360. The largest absolute Gasteiger partial charge is 0.478 e. The lowest BCUT2D eigenvalue weighted by Gasteiger charge is -2.46. The van der Waals surface area contributed by atoms with Crippen LogP contribution in [0.2, 0.25) is 0 Å². The predicted molar refractivity (Wildman–Crippen MR) is 123 cm³/mol. The molecular weight excluding hydrogens is 447 g/mol. The van der Waals surface area contributed by atoms with E-state index in [1.54, 1.807) is 7.05 Å². The number of aromatic carboxylic acids is 1. The molecule has 1 aromatic carbocycles. The molecule has 2 unspecified atom stereocenters. The molecule has 0 radical (unpaired) electrons. The van der Waals surface area contributed by atoms with E-state index in [4.69, 9.17) is 4.74 Å². The number of hydrogen-bond acceptors (Lipinski definition) is 5. The third-order valence-electron chi connectivity index (χ3n) is 6.65. The van der Waals surface area contributed by atoms with Crippen molar-refractivity contribution in [1.82, 2.24) is 4.98 Å². The monoisotopic (exact) mass is 473 g/mol. The lowest BCUT2D eigenvalue weighted by Crippen LogP contribution is -2.47. The fourth-order valence-electron chi connectivity index (χ4n) is 4.49. The van der Waals surface area contributed by atoms with Crippen molar-refractivity contribution < 1.29 is 27.8 Å². The summed E-state index contributed by atoms with van der Waals surface area (Å²) in [6.07, 6.45) is 5.19. The van der Waals surface area contributed by atoms with Crippen LogP contribution in [0.25, 0.3) is 0 Å². The zero-order chi connectivity index (χ0) is 24.5. The third-order valence-corrected chi connectivity index (χ3v) is 6.65. The van der Waals surface area contributed by atoms with Gasteiger partial charge in [-0.2, -0.15) is 13.2 Å². The number of nitrogens with zero attached hydrogens (tertiary/aromatic N) is 2. The maximum atomic E-state index is 12.9. The third kappa shape index (κ3) is 4.79. The van der Waals surface area contributed by atoms with Crippen molar-refractivity contribution in [1.29, 1.82) is 0 Å². The van der Waals surface area contributed by atoms with Crippen LogP contribution in [0, 0.1) is 11.3 Å². The van der Waals surface area contributed by atoms with Gasteiger partial charge < -0.3 is 20.1 Å². The first kappa shape index (κ1) is 23.8. The van der Waals surface area contributed by atoms with Crippen LogP contribution in [0.1, 0.15) is 29.3 Å². The molecule has 0 bridgehead atoms. The van der Waals surface area contributed by atoms with Gasteiger partial charge in [0.05, 0.1) is 29.1 Å². The summed E-state index contributed by atoms with van der Waals surface area (Å²) in [6, 6.07) is 6.52. The number of halogens is 3. The van der Waals surface area contributed by atoms with Crippen LogP contribution < -0.4 is 10.2 Å². The lowest BCUT2D eigenvalue weighted by atomic mass is 9.68. The molecule has 1 aliphatic carbocycles. The number of ether oxygens (including phenoxy) is 1. The molecule has 180 valence electrons. The van der Waals surface area contributed by atoms with E-state index in [0.29, 0.717) is 24.5 Å². The predicted octanol–water partition coefficient (Wildman–Crippen LogP) is 5.21. The van der Waals surface area contributed by atoms with Gasteiger partial charge in [-0.25, -0.2) is 4.79 Å². The number of alkyl halides is 3. The van der Waals surface area contributed by atoms with Crippen LogP contribution in [0.4, 0.5) is 24.5 Å². The number of nitrogens with one attached hydrogen (secondary N) is 1. The molecule has 6 nitrogen and oxygen atoms in total. The van der Waals surface area contributed by atoms with Crippen molar-refractivity contribution in [3.8, 4) is 0 Å². The smallest absolute Gasteiger partial charge is 0.416 e. The van der Waals surface area contributed by atoms with Crippen LogP contribution in [0.5, 0.6) is 0 Å². The molecule has 0 amide bonds. The quantitative estimate of drug-likeness (QED) is 0.600. The minimum Gasteiger partial charge on any atom is -0.478 e. The fourth-order valence-corrected chi connectivity index (χ4v) is 4.49. The Morgan fingerprint density at radius 2 is 2.03 bits per heavy atom. The Kier molecular flexibility index (Phi) is 6.40. The highest BCUT2D eigenvalue weighted by molar-refractivity contribution is 5.93. The van der Waals surface area contributed by atoms with Crippen molar-refractivity contribution in [3.05, 3.63) is 77.8 Å². The summed E-state index contributed by atoms with van der Waals surface area (Å²) in [6.45, 7) is 3.21. The Labute approximate surface area is 195 Å². The SMILES string of the molecule is CN(C1=CC2OCC[C@](C)(CNc3cnccc3C(=O)O)C2C=C1)c1ccc(C(F)(F)F)cc1. The van der Waals surface area contributed by atoms with Crippen molar-refractivity contribution in [2.24, 2.45) is 11.3 Å². The Bertz CT molecular complexity index is 1110. The summed E-state index contributed by atoms with van der Waals surface area (Å²) < 4.78 is 44.7. The van der Waals surface area contributed by atoms with Crippen LogP contribution in [0.15, 0.2) is 66.7 Å². The maximum Gasteiger partial charge on any atom is 0.416 e.